The van der Waals surface area contributed by atoms with Crippen LogP contribution in [0.4, 0.5) is 0 Å². The molecule has 2 fully saturated rings. The maximum atomic E-state index is 12.9. The summed E-state index contributed by atoms with van der Waals surface area (Å²) in [5.74, 6) is -0.257. The van der Waals surface area contributed by atoms with Gasteiger partial charge in [-0.1, -0.05) is 17.7 Å². The van der Waals surface area contributed by atoms with E-state index in [9.17, 15) is 14.7 Å². The smallest absolute Gasteiger partial charge is 0.327 e. The van der Waals surface area contributed by atoms with Gasteiger partial charge in [-0.2, -0.15) is 0 Å². The van der Waals surface area contributed by atoms with Crippen molar-refractivity contribution in [1.29, 1.82) is 0 Å². The Balaban J connectivity index is 1.96. The predicted octanol–water partition coefficient (Wildman–Crippen LogP) is 3.03. The zero-order valence-electron chi connectivity index (χ0n) is 11.6. The fraction of sp³-hybridized carbons (Fsp3) is 0.467. The lowest BCUT2D eigenvalue weighted by Crippen LogP contribution is -2.46. The molecule has 21 heavy (non-hydrogen) atoms. The van der Waals surface area contributed by atoms with Crippen molar-refractivity contribution in [3.63, 3.8) is 0 Å². The number of amides is 1. The van der Waals surface area contributed by atoms with Crippen molar-refractivity contribution in [3.05, 3.63) is 34.3 Å². The van der Waals surface area contributed by atoms with E-state index < -0.39 is 12.0 Å². The number of carbonyl (C=O) groups excluding carboxylic acids is 1. The van der Waals surface area contributed by atoms with Crippen molar-refractivity contribution in [1.82, 2.24) is 4.90 Å². The molecular formula is C15H16ClNO3S. The van der Waals surface area contributed by atoms with Gasteiger partial charge >= 0.3 is 5.97 Å². The van der Waals surface area contributed by atoms with Gasteiger partial charge in [-0.25, -0.2) is 4.79 Å². The molecule has 2 atom stereocenters. The highest BCUT2D eigenvalue weighted by molar-refractivity contribution is 8.00. The van der Waals surface area contributed by atoms with Crippen LogP contribution >= 0.6 is 23.4 Å². The lowest BCUT2D eigenvalue weighted by atomic mass is 10.1. The maximum Gasteiger partial charge on any atom is 0.327 e. The van der Waals surface area contributed by atoms with Crippen molar-refractivity contribution < 1.29 is 14.7 Å². The Kier molecular flexibility index (Phi) is 3.88. The molecule has 0 radical (unpaired) electrons. The minimum Gasteiger partial charge on any atom is -0.480 e. The molecule has 1 aliphatic heterocycles. The molecule has 2 aliphatic rings. The fourth-order valence-corrected chi connectivity index (χ4v) is 4.50. The third-order valence-corrected chi connectivity index (χ3v) is 5.95. The SMILES string of the molecule is Cc1c(Cl)cccc1C(=O)N1C(C(=O)O)CSC1C1CC1. The second kappa shape index (κ2) is 5.54. The number of rotatable bonds is 3. The van der Waals surface area contributed by atoms with E-state index in [1.165, 1.54) is 0 Å². The zero-order valence-corrected chi connectivity index (χ0v) is 13.2. The number of hydrogen-bond acceptors (Lipinski definition) is 3. The molecule has 1 N–H and O–H groups in total. The maximum absolute atomic E-state index is 12.9. The average Bonchev–Trinajstić information content (AvgIpc) is 3.19. The van der Waals surface area contributed by atoms with Crippen LogP contribution in [-0.2, 0) is 4.79 Å². The van der Waals surface area contributed by atoms with Crippen LogP contribution in [-0.4, -0.2) is 39.1 Å². The quantitative estimate of drug-likeness (QED) is 0.928. The first-order valence-electron chi connectivity index (χ1n) is 6.93. The summed E-state index contributed by atoms with van der Waals surface area (Å²) in [6.45, 7) is 1.79. The lowest BCUT2D eigenvalue weighted by Gasteiger charge is -2.28. The van der Waals surface area contributed by atoms with Crippen LogP contribution in [0.3, 0.4) is 0 Å². The first-order chi connectivity index (χ1) is 10.0. The van der Waals surface area contributed by atoms with Gasteiger partial charge in [-0.05, 0) is 43.4 Å². The standard InChI is InChI=1S/C15H16ClNO3S/c1-8-10(3-2-4-11(8)16)13(18)17-12(15(19)20)7-21-14(17)9-5-6-9/h2-4,9,12,14H,5-7H2,1H3,(H,19,20). The van der Waals surface area contributed by atoms with E-state index in [0.717, 1.165) is 12.8 Å². The van der Waals surface area contributed by atoms with Gasteiger partial charge in [0.05, 0.1) is 5.37 Å². The highest BCUT2D eigenvalue weighted by atomic mass is 35.5. The summed E-state index contributed by atoms with van der Waals surface area (Å²) < 4.78 is 0. The summed E-state index contributed by atoms with van der Waals surface area (Å²) in [6.07, 6.45) is 2.14. The molecule has 1 saturated carbocycles. The molecule has 0 bridgehead atoms. The Morgan fingerprint density at radius 3 is 2.71 bits per heavy atom. The van der Waals surface area contributed by atoms with E-state index in [-0.39, 0.29) is 11.3 Å². The number of thioether (sulfide) groups is 1. The molecule has 4 nitrogen and oxygen atoms in total. The molecular weight excluding hydrogens is 310 g/mol. The van der Waals surface area contributed by atoms with Crippen molar-refractivity contribution in [3.8, 4) is 0 Å². The highest BCUT2D eigenvalue weighted by Gasteiger charge is 2.48. The minimum atomic E-state index is -0.932. The monoisotopic (exact) mass is 325 g/mol. The van der Waals surface area contributed by atoms with E-state index in [1.807, 2.05) is 0 Å². The van der Waals surface area contributed by atoms with Crippen LogP contribution in [0.5, 0.6) is 0 Å². The summed E-state index contributed by atoms with van der Waals surface area (Å²) in [5.41, 5.74) is 1.21. The van der Waals surface area contributed by atoms with Gasteiger partial charge in [-0.15, -0.1) is 11.8 Å². The third-order valence-electron chi connectivity index (χ3n) is 4.08. The Morgan fingerprint density at radius 2 is 2.10 bits per heavy atom. The van der Waals surface area contributed by atoms with E-state index in [0.29, 0.717) is 27.8 Å². The van der Waals surface area contributed by atoms with Gasteiger partial charge in [0.1, 0.15) is 6.04 Å². The molecule has 1 saturated heterocycles. The van der Waals surface area contributed by atoms with E-state index in [4.69, 9.17) is 11.6 Å². The molecule has 1 heterocycles. The molecule has 1 aromatic rings. The molecule has 2 unspecified atom stereocenters. The number of nitrogens with zero attached hydrogens (tertiary/aromatic N) is 1. The second-order valence-electron chi connectivity index (χ2n) is 5.54. The van der Waals surface area contributed by atoms with E-state index in [1.54, 1.807) is 41.8 Å². The van der Waals surface area contributed by atoms with Gasteiger partial charge in [0.25, 0.3) is 5.91 Å². The highest BCUT2D eigenvalue weighted by Crippen LogP contribution is 2.46. The summed E-state index contributed by atoms with van der Waals surface area (Å²) in [7, 11) is 0. The Bertz CT molecular complexity index is 603. The average molecular weight is 326 g/mol. The minimum absolute atomic E-state index is 0.0167. The number of carbonyl (C=O) groups is 2. The van der Waals surface area contributed by atoms with Gasteiger partial charge in [0.15, 0.2) is 0 Å². The van der Waals surface area contributed by atoms with Gasteiger partial charge < -0.3 is 10.0 Å². The number of hydrogen-bond donors (Lipinski definition) is 1. The zero-order chi connectivity index (χ0) is 15.1. The van der Waals surface area contributed by atoms with Crippen LogP contribution in [0, 0.1) is 12.8 Å². The van der Waals surface area contributed by atoms with Gasteiger partial charge in [0, 0.05) is 16.3 Å². The molecule has 112 valence electrons. The predicted molar refractivity (Wildman–Crippen MR) is 82.8 cm³/mol. The van der Waals surface area contributed by atoms with Crippen molar-refractivity contribution in [2.75, 3.05) is 5.75 Å². The number of benzene rings is 1. The molecule has 1 amide bonds. The third kappa shape index (κ3) is 2.64. The van der Waals surface area contributed by atoms with Crippen molar-refractivity contribution in [2.45, 2.75) is 31.2 Å². The normalized spacial score (nSPS) is 25.1. The summed E-state index contributed by atoms with van der Waals surface area (Å²) in [5, 5.41) is 9.90. The van der Waals surface area contributed by atoms with Crippen LogP contribution < -0.4 is 0 Å². The van der Waals surface area contributed by atoms with Crippen molar-refractivity contribution >= 4 is 35.2 Å². The molecule has 6 heteroatoms. The number of aliphatic carboxylic acids is 1. The lowest BCUT2D eigenvalue weighted by molar-refractivity contribution is -0.141. The van der Waals surface area contributed by atoms with E-state index >= 15 is 0 Å². The second-order valence-corrected chi connectivity index (χ2v) is 7.10. The Hall–Kier alpha value is -1.20. The number of halogens is 1. The summed E-state index contributed by atoms with van der Waals surface area (Å²) in [6, 6.07) is 4.44. The number of carboxylic acid groups (broad SMARTS) is 1. The van der Waals surface area contributed by atoms with Gasteiger partial charge in [-0.3, -0.25) is 4.79 Å². The first kappa shape index (κ1) is 14.7. The van der Waals surface area contributed by atoms with Crippen LogP contribution in [0.25, 0.3) is 0 Å². The Morgan fingerprint density at radius 1 is 1.38 bits per heavy atom. The molecule has 3 rings (SSSR count). The molecule has 1 aromatic carbocycles. The van der Waals surface area contributed by atoms with Crippen LogP contribution in [0.15, 0.2) is 18.2 Å². The first-order valence-corrected chi connectivity index (χ1v) is 8.35. The summed E-state index contributed by atoms with van der Waals surface area (Å²) in [4.78, 5) is 25.9. The molecule has 0 aromatic heterocycles. The van der Waals surface area contributed by atoms with Crippen molar-refractivity contribution in [2.24, 2.45) is 5.92 Å². The molecule has 0 spiro atoms. The largest absolute Gasteiger partial charge is 0.480 e. The van der Waals surface area contributed by atoms with Crippen LogP contribution in [0.2, 0.25) is 5.02 Å². The topological polar surface area (TPSA) is 57.6 Å². The number of carboxylic acids is 1. The van der Waals surface area contributed by atoms with Gasteiger partial charge in [0.2, 0.25) is 0 Å². The fourth-order valence-electron chi connectivity index (χ4n) is 2.70. The van der Waals surface area contributed by atoms with Crippen LogP contribution in [0.1, 0.15) is 28.8 Å². The molecule has 1 aliphatic carbocycles. The van der Waals surface area contributed by atoms with E-state index in [2.05, 4.69) is 0 Å². The summed E-state index contributed by atoms with van der Waals surface area (Å²) >= 11 is 7.66. The Labute approximate surface area is 132 Å².